The third-order valence-electron chi connectivity index (χ3n) is 7.92. The number of alkyl carbamates (subject to hydrolysis) is 1. The Morgan fingerprint density at radius 3 is 2.47 bits per heavy atom. The number of nitrogens with one attached hydrogen (secondary N) is 2. The van der Waals surface area contributed by atoms with Crippen molar-refractivity contribution < 1.29 is 48.2 Å². The van der Waals surface area contributed by atoms with Crippen LogP contribution in [0, 0.1) is 0 Å². The van der Waals surface area contributed by atoms with Gasteiger partial charge in [0.05, 0.1) is 48.2 Å². The van der Waals surface area contributed by atoms with E-state index in [1.807, 2.05) is 0 Å². The number of fused-ring (bicyclic) bond motifs is 2. The zero-order valence-electron chi connectivity index (χ0n) is 26.0. The molecule has 0 saturated heterocycles. The van der Waals surface area contributed by atoms with Gasteiger partial charge in [-0.15, -0.1) is 13.2 Å². The molecule has 5 aromatic heterocycles. The van der Waals surface area contributed by atoms with E-state index in [0.29, 0.717) is 10.1 Å². The molecule has 1 saturated carbocycles. The number of aliphatic hydroxyl groups is 5. The van der Waals surface area contributed by atoms with E-state index in [1.165, 1.54) is 30.7 Å². The van der Waals surface area contributed by atoms with Gasteiger partial charge >= 0.3 is 24.2 Å². The first-order valence-electron chi connectivity index (χ1n) is 14.6. The van der Waals surface area contributed by atoms with E-state index in [2.05, 4.69) is 35.5 Å². The van der Waals surface area contributed by atoms with Gasteiger partial charge in [-0.3, -0.25) is 14.6 Å². The number of hydrogen-bond acceptors (Lipinski definition) is 13. The number of rotatable bonds is 8. The van der Waals surface area contributed by atoms with Gasteiger partial charge in [0.15, 0.2) is 0 Å². The fourth-order valence-corrected chi connectivity index (χ4v) is 5.92. The van der Waals surface area contributed by atoms with Crippen molar-refractivity contribution in [2.24, 2.45) is 0 Å². The lowest BCUT2D eigenvalue weighted by Crippen LogP contribution is -2.47. The second-order valence-corrected chi connectivity index (χ2v) is 12.3. The van der Waals surface area contributed by atoms with Crippen molar-refractivity contribution >= 4 is 39.8 Å². The van der Waals surface area contributed by atoms with Crippen LogP contribution in [0.15, 0.2) is 41.6 Å². The molecule has 1 amide bonds. The van der Waals surface area contributed by atoms with E-state index in [4.69, 9.17) is 0 Å². The number of ether oxygens (including phenoxy) is 1. The maximum atomic E-state index is 13.5. The molecule has 262 valence electrons. The number of pyridine rings is 2. The van der Waals surface area contributed by atoms with Crippen LogP contribution >= 0.6 is 0 Å². The van der Waals surface area contributed by atoms with Crippen LogP contribution in [0.4, 0.5) is 29.6 Å². The molecule has 0 bridgehead atoms. The van der Waals surface area contributed by atoms with Crippen molar-refractivity contribution in [2.75, 3.05) is 12.4 Å². The van der Waals surface area contributed by atoms with E-state index >= 15 is 0 Å². The number of anilines is 2. The Labute approximate surface area is 272 Å². The van der Waals surface area contributed by atoms with E-state index < -0.39 is 41.5 Å². The van der Waals surface area contributed by atoms with Crippen LogP contribution in [0.3, 0.4) is 0 Å². The maximum absolute atomic E-state index is 13.5. The summed E-state index contributed by atoms with van der Waals surface area (Å²) in [5, 5.41) is 64.4. The maximum Gasteiger partial charge on any atom is 0.504 e. The number of halogens is 3. The third-order valence-corrected chi connectivity index (χ3v) is 7.92. The van der Waals surface area contributed by atoms with Crippen molar-refractivity contribution in [3.63, 3.8) is 0 Å². The van der Waals surface area contributed by atoms with Crippen LogP contribution in [-0.2, 0) is 23.7 Å². The number of alkyl halides is 3. The first kappa shape index (κ1) is 33.8. The Morgan fingerprint density at radius 1 is 1.10 bits per heavy atom. The summed E-state index contributed by atoms with van der Waals surface area (Å²) in [6.07, 6.45) is -6.49. The Hall–Kier alpha value is -5.09. The number of amides is 1. The molecule has 2 unspecified atom stereocenters. The monoisotopic (exact) mass is 692 g/mol. The lowest BCUT2D eigenvalue weighted by molar-refractivity contribution is -0.374. The molecule has 18 nitrogen and oxygen atoms in total. The Bertz CT molecular complexity index is 2120. The Morgan fingerprint density at radius 2 is 1.84 bits per heavy atom. The summed E-state index contributed by atoms with van der Waals surface area (Å²) < 4.78 is 47.1. The molecular formula is C28H31F3N10O8. The van der Waals surface area contributed by atoms with Gasteiger partial charge in [-0.2, -0.15) is 14.9 Å². The SMILES string of the molecule is COC(=O)NC1(O)CCC(n2c(=O)n(C(O)(O)O)c3cnc(Nc4ccc5c(n4)c(-c4cnn(C(F)(F)F)c4)nn5CC(C)(C)O)cc32)C1. The zero-order chi connectivity index (χ0) is 35.7. The molecule has 5 heterocycles. The molecule has 49 heavy (non-hydrogen) atoms. The zero-order valence-corrected chi connectivity index (χ0v) is 26.0. The first-order chi connectivity index (χ1) is 22.8. The van der Waals surface area contributed by atoms with Crippen LogP contribution in [0.5, 0.6) is 0 Å². The minimum Gasteiger partial charge on any atom is -0.453 e. The summed E-state index contributed by atoms with van der Waals surface area (Å²) in [5.41, 5.74) is -3.60. The molecule has 21 heteroatoms. The van der Waals surface area contributed by atoms with Crippen molar-refractivity contribution in [1.82, 2.24) is 44.0 Å². The molecule has 0 aliphatic heterocycles. The molecule has 5 aromatic rings. The number of nitrogens with zero attached hydrogens (tertiary/aromatic N) is 8. The summed E-state index contributed by atoms with van der Waals surface area (Å²) in [6, 6.07) is 3.65. The van der Waals surface area contributed by atoms with Crippen LogP contribution < -0.4 is 16.3 Å². The molecule has 1 aliphatic carbocycles. The predicted molar refractivity (Wildman–Crippen MR) is 162 cm³/mol. The highest BCUT2D eigenvalue weighted by atomic mass is 19.4. The van der Waals surface area contributed by atoms with Gasteiger partial charge in [0.1, 0.15) is 28.6 Å². The molecule has 0 spiro atoms. The van der Waals surface area contributed by atoms with Crippen molar-refractivity contribution in [2.45, 2.75) is 69.4 Å². The normalized spacial score (nSPS) is 18.8. The van der Waals surface area contributed by atoms with E-state index in [9.17, 15) is 48.3 Å². The number of carbonyl (C=O) groups is 1. The van der Waals surface area contributed by atoms with E-state index in [-0.39, 0.29) is 69.9 Å². The van der Waals surface area contributed by atoms with Crippen LogP contribution in [0.1, 0.15) is 39.2 Å². The van der Waals surface area contributed by atoms with Gasteiger partial charge in [-0.1, -0.05) is 0 Å². The highest BCUT2D eigenvalue weighted by Crippen LogP contribution is 2.38. The molecule has 0 radical (unpaired) electrons. The fourth-order valence-electron chi connectivity index (χ4n) is 5.92. The largest absolute Gasteiger partial charge is 0.504 e. The predicted octanol–water partition coefficient (Wildman–Crippen LogP) is 1.11. The summed E-state index contributed by atoms with van der Waals surface area (Å²) >= 11 is 0. The Balaban J connectivity index is 1.41. The second kappa shape index (κ2) is 11.5. The highest BCUT2D eigenvalue weighted by Gasteiger charge is 2.42. The molecule has 6 rings (SSSR count). The Kier molecular flexibility index (Phi) is 7.94. The van der Waals surface area contributed by atoms with Gasteiger partial charge in [0, 0.05) is 30.3 Å². The number of hydrogen-bond donors (Lipinski definition) is 7. The summed E-state index contributed by atoms with van der Waals surface area (Å²) in [4.78, 5) is 34.0. The van der Waals surface area contributed by atoms with Gasteiger partial charge < -0.3 is 35.6 Å². The second-order valence-electron chi connectivity index (χ2n) is 12.3. The summed E-state index contributed by atoms with van der Waals surface area (Å²) in [5.74, 6) is 0.208. The number of aromatic nitrogens is 8. The molecule has 1 fully saturated rings. The molecule has 0 aromatic carbocycles. The topological polar surface area (TPSA) is 240 Å². The van der Waals surface area contributed by atoms with Gasteiger partial charge in [-0.05, 0) is 38.8 Å². The summed E-state index contributed by atoms with van der Waals surface area (Å²) in [7, 11) is 1.12. The van der Waals surface area contributed by atoms with Gasteiger partial charge in [-0.25, -0.2) is 24.1 Å². The minimum atomic E-state index is -4.77. The van der Waals surface area contributed by atoms with E-state index in [0.717, 1.165) is 30.3 Å². The van der Waals surface area contributed by atoms with Crippen LogP contribution in [0.2, 0.25) is 0 Å². The van der Waals surface area contributed by atoms with Crippen molar-refractivity contribution in [1.29, 1.82) is 0 Å². The molecule has 7 N–H and O–H groups in total. The fraction of sp³-hybridized carbons (Fsp3) is 0.429. The standard InChI is InChI=1S/C28H31F3N10O8/c1-25(2,44)13-38-16-4-5-19(35-22(16)21(37-38)14-10-33-39(12-14)27(29,30)31)34-20-8-17-18(11-32-20)41(28(46,47)48)24(43)40(17)15-6-7-26(45,9-15)36-23(42)49-3/h4-5,8,10-12,15,44-48H,6-7,9,13H2,1-3H3,(H,36,42)(H,32,34,35). The van der Waals surface area contributed by atoms with Gasteiger partial charge in [0.2, 0.25) is 0 Å². The van der Waals surface area contributed by atoms with Crippen LogP contribution in [-0.4, -0.2) is 88.7 Å². The van der Waals surface area contributed by atoms with Crippen molar-refractivity contribution in [3.8, 4) is 11.3 Å². The summed E-state index contributed by atoms with van der Waals surface area (Å²) in [6.45, 7) is 3.05. The van der Waals surface area contributed by atoms with Crippen LogP contribution in [0.25, 0.3) is 33.3 Å². The lowest BCUT2D eigenvalue weighted by Gasteiger charge is -2.23. The molecular weight excluding hydrogens is 661 g/mol. The molecule has 1 aliphatic rings. The first-order valence-corrected chi connectivity index (χ1v) is 14.6. The third kappa shape index (κ3) is 6.53. The quantitative estimate of drug-likeness (QED) is 0.113. The lowest BCUT2D eigenvalue weighted by atomic mass is 10.1. The average Bonchev–Trinajstić information content (AvgIpc) is 3.75. The highest BCUT2D eigenvalue weighted by molar-refractivity contribution is 5.91. The average molecular weight is 693 g/mol. The smallest absolute Gasteiger partial charge is 0.453 e. The molecule has 2 atom stereocenters. The minimum absolute atomic E-state index is 0.00470. The number of imidazole rings is 1. The van der Waals surface area contributed by atoms with E-state index in [1.54, 1.807) is 6.07 Å². The number of carbonyl (C=O) groups excluding carboxylic acids is 1. The van der Waals surface area contributed by atoms with Gasteiger partial charge in [0.25, 0.3) is 0 Å². The van der Waals surface area contributed by atoms with Crippen molar-refractivity contribution in [3.05, 3.63) is 47.3 Å². The number of methoxy groups -OCH3 is 1.